The van der Waals surface area contributed by atoms with Crippen LogP contribution in [0.5, 0.6) is 5.75 Å². The molecule has 5 N–H and O–H groups in total. The molecule has 116 valence electrons. The molecular formula is C14H17N5O2S. The zero-order valence-electron chi connectivity index (χ0n) is 12.2. The van der Waals surface area contributed by atoms with Crippen LogP contribution in [0.1, 0.15) is 6.92 Å². The molecule has 8 heteroatoms. The van der Waals surface area contributed by atoms with E-state index in [0.29, 0.717) is 16.6 Å². The second kappa shape index (κ2) is 6.99. The molecule has 0 aliphatic carbocycles. The number of amides is 1. The molecule has 22 heavy (non-hydrogen) atoms. The summed E-state index contributed by atoms with van der Waals surface area (Å²) in [6, 6.07) is 8.65. The Kier molecular flexibility index (Phi) is 5.05. The second-order valence-electron chi connectivity index (χ2n) is 4.45. The summed E-state index contributed by atoms with van der Waals surface area (Å²) in [7, 11) is 1.55. The van der Waals surface area contributed by atoms with Crippen molar-refractivity contribution in [3.63, 3.8) is 0 Å². The summed E-state index contributed by atoms with van der Waals surface area (Å²) in [5, 5.41) is 2.74. The average molecular weight is 319 g/mol. The molecule has 1 aromatic heterocycles. The molecule has 0 aliphatic heterocycles. The molecule has 0 radical (unpaired) electrons. The number of carbonyl (C=O) groups is 1. The van der Waals surface area contributed by atoms with Gasteiger partial charge in [-0.05, 0) is 19.1 Å². The average Bonchev–Trinajstić information content (AvgIpc) is 2.46. The van der Waals surface area contributed by atoms with E-state index in [0.717, 1.165) is 0 Å². The maximum Gasteiger partial charge on any atom is 0.237 e. The highest BCUT2D eigenvalue weighted by molar-refractivity contribution is 8.00. The van der Waals surface area contributed by atoms with Gasteiger partial charge in [0.1, 0.15) is 17.4 Å². The fourth-order valence-corrected chi connectivity index (χ4v) is 2.51. The van der Waals surface area contributed by atoms with Gasteiger partial charge in [-0.25, -0.2) is 9.97 Å². The molecule has 0 unspecified atom stereocenters. The molecule has 0 saturated carbocycles. The number of nitrogens with two attached hydrogens (primary N) is 2. The highest BCUT2D eigenvalue weighted by Crippen LogP contribution is 2.26. The quantitative estimate of drug-likeness (QED) is 0.568. The van der Waals surface area contributed by atoms with E-state index in [2.05, 4.69) is 15.3 Å². The number of hydrogen-bond acceptors (Lipinski definition) is 7. The van der Waals surface area contributed by atoms with Crippen LogP contribution in [0.4, 0.5) is 17.3 Å². The molecule has 1 heterocycles. The Labute approximate surface area is 132 Å². The maximum absolute atomic E-state index is 12.2. The van der Waals surface area contributed by atoms with Crippen LogP contribution in [-0.2, 0) is 4.79 Å². The fraction of sp³-hybridized carbons (Fsp3) is 0.214. The van der Waals surface area contributed by atoms with Gasteiger partial charge in [0.15, 0.2) is 5.16 Å². The van der Waals surface area contributed by atoms with Crippen LogP contribution >= 0.6 is 11.8 Å². The lowest BCUT2D eigenvalue weighted by molar-refractivity contribution is -0.115. The van der Waals surface area contributed by atoms with E-state index in [9.17, 15) is 4.79 Å². The van der Waals surface area contributed by atoms with Gasteiger partial charge in [-0.3, -0.25) is 4.79 Å². The number of benzene rings is 1. The van der Waals surface area contributed by atoms with Crippen LogP contribution < -0.4 is 21.5 Å². The van der Waals surface area contributed by atoms with Crippen molar-refractivity contribution in [3.8, 4) is 5.75 Å². The minimum Gasteiger partial charge on any atom is -0.495 e. The van der Waals surface area contributed by atoms with Gasteiger partial charge in [0, 0.05) is 6.07 Å². The number of hydrogen-bond donors (Lipinski definition) is 3. The van der Waals surface area contributed by atoms with E-state index < -0.39 is 5.25 Å². The zero-order valence-corrected chi connectivity index (χ0v) is 13.1. The van der Waals surface area contributed by atoms with Gasteiger partial charge in [-0.15, -0.1) is 0 Å². The van der Waals surface area contributed by atoms with Gasteiger partial charge in [-0.1, -0.05) is 23.9 Å². The van der Waals surface area contributed by atoms with E-state index >= 15 is 0 Å². The van der Waals surface area contributed by atoms with Gasteiger partial charge >= 0.3 is 0 Å². The first-order chi connectivity index (χ1) is 10.5. The van der Waals surface area contributed by atoms with Crippen LogP contribution in [-0.4, -0.2) is 28.2 Å². The summed E-state index contributed by atoms with van der Waals surface area (Å²) in [6.45, 7) is 1.75. The summed E-state index contributed by atoms with van der Waals surface area (Å²) in [5.74, 6) is 0.941. The Balaban J connectivity index is 2.06. The number of aromatic nitrogens is 2. The van der Waals surface area contributed by atoms with Gasteiger partial charge in [0.2, 0.25) is 5.91 Å². The Morgan fingerprint density at radius 1 is 1.27 bits per heavy atom. The molecule has 1 amide bonds. The van der Waals surface area contributed by atoms with Crippen molar-refractivity contribution in [2.45, 2.75) is 17.3 Å². The summed E-state index contributed by atoms with van der Waals surface area (Å²) in [6.07, 6.45) is 0. The Bertz CT molecular complexity index is 660. The summed E-state index contributed by atoms with van der Waals surface area (Å²) >= 11 is 1.18. The highest BCUT2D eigenvalue weighted by atomic mass is 32.2. The Hall–Kier alpha value is -2.48. The van der Waals surface area contributed by atoms with E-state index in [-0.39, 0.29) is 17.5 Å². The normalized spacial score (nSPS) is 11.7. The van der Waals surface area contributed by atoms with Crippen LogP contribution in [0.15, 0.2) is 35.5 Å². The van der Waals surface area contributed by atoms with E-state index in [4.69, 9.17) is 16.2 Å². The van der Waals surface area contributed by atoms with Crippen molar-refractivity contribution in [2.75, 3.05) is 23.9 Å². The molecule has 2 aromatic rings. The Morgan fingerprint density at radius 3 is 2.55 bits per heavy atom. The standard InChI is InChI=1S/C14H17N5O2S/c1-8(22-14-18-11(15)7-12(16)19-14)13(20)17-9-5-3-4-6-10(9)21-2/h3-8H,1-2H3,(H,17,20)(H4,15,16,18,19)/t8-/m0/s1. The van der Waals surface area contributed by atoms with Gasteiger partial charge in [0.05, 0.1) is 18.0 Å². The largest absolute Gasteiger partial charge is 0.495 e. The first-order valence-corrected chi connectivity index (χ1v) is 7.38. The number of methoxy groups -OCH3 is 1. The number of nitrogen functional groups attached to an aromatic ring is 2. The van der Waals surface area contributed by atoms with Crippen molar-refractivity contribution < 1.29 is 9.53 Å². The third kappa shape index (κ3) is 4.01. The predicted octanol–water partition coefficient (Wildman–Crippen LogP) is 1.77. The lowest BCUT2D eigenvalue weighted by Crippen LogP contribution is -2.23. The van der Waals surface area contributed by atoms with Crippen LogP contribution in [0, 0.1) is 0 Å². The molecular weight excluding hydrogens is 302 g/mol. The topological polar surface area (TPSA) is 116 Å². The fourth-order valence-electron chi connectivity index (χ4n) is 1.71. The SMILES string of the molecule is COc1ccccc1NC(=O)[C@H](C)Sc1nc(N)cc(N)n1. The number of thioether (sulfide) groups is 1. The van der Waals surface area contributed by atoms with Crippen molar-refractivity contribution in [2.24, 2.45) is 0 Å². The van der Waals surface area contributed by atoms with Crippen LogP contribution in [0.2, 0.25) is 0 Å². The molecule has 1 atom stereocenters. The number of nitrogens with zero attached hydrogens (tertiary/aromatic N) is 2. The first kappa shape index (κ1) is 15.9. The summed E-state index contributed by atoms with van der Waals surface area (Å²) in [5.41, 5.74) is 11.8. The van der Waals surface area contributed by atoms with E-state index in [1.165, 1.54) is 17.8 Å². The van der Waals surface area contributed by atoms with Gasteiger partial charge < -0.3 is 21.5 Å². The number of anilines is 3. The number of ether oxygens (including phenoxy) is 1. The molecule has 7 nitrogen and oxygen atoms in total. The van der Waals surface area contributed by atoms with Crippen molar-refractivity contribution in [1.29, 1.82) is 0 Å². The Morgan fingerprint density at radius 2 is 1.91 bits per heavy atom. The monoisotopic (exact) mass is 319 g/mol. The minimum absolute atomic E-state index is 0.195. The minimum atomic E-state index is -0.425. The lowest BCUT2D eigenvalue weighted by Gasteiger charge is -2.13. The van der Waals surface area contributed by atoms with E-state index in [1.54, 1.807) is 26.2 Å². The third-order valence-electron chi connectivity index (χ3n) is 2.76. The van der Waals surface area contributed by atoms with Crippen molar-refractivity contribution >= 4 is 35.0 Å². The number of carbonyl (C=O) groups excluding carboxylic acids is 1. The van der Waals surface area contributed by atoms with Crippen LogP contribution in [0.25, 0.3) is 0 Å². The van der Waals surface area contributed by atoms with Gasteiger partial charge in [0.25, 0.3) is 0 Å². The maximum atomic E-state index is 12.2. The molecule has 0 bridgehead atoms. The number of rotatable bonds is 5. The summed E-state index contributed by atoms with van der Waals surface area (Å²) < 4.78 is 5.20. The van der Waals surface area contributed by atoms with Crippen molar-refractivity contribution in [1.82, 2.24) is 9.97 Å². The van der Waals surface area contributed by atoms with Crippen LogP contribution in [0.3, 0.4) is 0 Å². The smallest absolute Gasteiger partial charge is 0.237 e. The third-order valence-corrected chi connectivity index (χ3v) is 3.72. The first-order valence-electron chi connectivity index (χ1n) is 6.50. The molecule has 1 aromatic carbocycles. The molecule has 0 saturated heterocycles. The van der Waals surface area contributed by atoms with E-state index in [1.807, 2.05) is 12.1 Å². The summed E-state index contributed by atoms with van der Waals surface area (Å²) in [4.78, 5) is 20.3. The molecule has 2 rings (SSSR count). The second-order valence-corrected chi connectivity index (χ2v) is 5.76. The van der Waals surface area contributed by atoms with Gasteiger partial charge in [-0.2, -0.15) is 0 Å². The molecule has 0 spiro atoms. The number of para-hydroxylation sites is 2. The zero-order chi connectivity index (χ0) is 16.1. The molecule has 0 aliphatic rings. The highest BCUT2D eigenvalue weighted by Gasteiger charge is 2.18. The van der Waals surface area contributed by atoms with Crippen molar-refractivity contribution in [3.05, 3.63) is 30.3 Å². The lowest BCUT2D eigenvalue weighted by atomic mass is 10.3. The molecule has 0 fully saturated rings. The number of nitrogens with one attached hydrogen (secondary N) is 1. The predicted molar refractivity (Wildman–Crippen MR) is 87.8 cm³/mol.